The van der Waals surface area contributed by atoms with Gasteiger partial charge in [-0.25, -0.2) is 0 Å². The maximum Gasteiger partial charge on any atom is 0.129 e. The minimum absolute atomic E-state index is 0.262. The fourth-order valence-electron chi connectivity index (χ4n) is 0.914. The summed E-state index contributed by atoms with van der Waals surface area (Å²) in [5.41, 5.74) is 0. The van der Waals surface area contributed by atoms with Crippen LogP contribution in [0.5, 0.6) is 0 Å². The van der Waals surface area contributed by atoms with Gasteiger partial charge in [0, 0.05) is 13.0 Å². The number of Topliss-reactive ketones (excluding diaryl/α,β-unsaturated/α-hetero) is 1. The molecule has 0 aliphatic rings. The third-order valence-electron chi connectivity index (χ3n) is 1.60. The van der Waals surface area contributed by atoms with Crippen molar-refractivity contribution in [2.45, 2.75) is 39.0 Å². The van der Waals surface area contributed by atoms with Crippen LogP contribution in [0.25, 0.3) is 0 Å². The summed E-state index contributed by atoms with van der Waals surface area (Å²) in [6.07, 6.45) is 8.54. The highest BCUT2D eigenvalue weighted by Gasteiger charge is 1.89. The Morgan fingerprint density at radius 3 is 2.33 bits per heavy atom. The third-order valence-corrected chi connectivity index (χ3v) is 1.60. The highest BCUT2D eigenvalue weighted by Crippen LogP contribution is 1.99. The van der Waals surface area contributed by atoms with Crippen molar-refractivity contribution >= 4 is 5.78 Å². The van der Waals surface area contributed by atoms with Gasteiger partial charge in [0.2, 0.25) is 0 Å². The number of unbranched alkanes of at least 4 members (excludes halogenated alkanes) is 2. The number of carbonyl (C=O) groups is 1. The van der Waals surface area contributed by atoms with Gasteiger partial charge in [0.1, 0.15) is 5.78 Å². The topological polar surface area (TPSA) is 37.3 Å². The lowest BCUT2D eigenvalue weighted by molar-refractivity contribution is -0.117. The minimum Gasteiger partial charge on any atom is -0.396 e. The second kappa shape index (κ2) is 8.47. The van der Waals surface area contributed by atoms with Crippen LogP contribution in [0, 0.1) is 0 Å². The predicted octanol–water partition coefficient (Wildman–Crippen LogP) is 2.07. The molecule has 0 amide bonds. The average molecular weight is 170 g/mol. The predicted molar refractivity (Wildman–Crippen MR) is 50.0 cm³/mol. The number of rotatable bonds is 7. The summed E-state index contributed by atoms with van der Waals surface area (Å²) in [5.74, 6) is 0.263. The quantitative estimate of drug-likeness (QED) is 0.469. The highest BCUT2D eigenvalue weighted by atomic mass is 16.2. The van der Waals surface area contributed by atoms with Gasteiger partial charge in [-0.2, -0.15) is 0 Å². The zero-order valence-electron chi connectivity index (χ0n) is 7.75. The van der Waals surface area contributed by atoms with Gasteiger partial charge in [-0.1, -0.05) is 12.2 Å². The van der Waals surface area contributed by atoms with E-state index in [1.807, 2.05) is 0 Å². The van der Waals surface area contributed by atoms with Crippen molar-refractivity contribution in [1.29, 1.82) is 0 Å². The molecule has 0 rings (SSSR count). The van der Waals surface area contributed by atoms with Crippen LogP contribution in [0.3, 0.4) is 0 Å². The van der Waals surface area contributed by atoms with Crippen LogP contribution in [0.4, 0.5) is 0 Å². The Balaban J connectivity index is 3.08. The van der Waals surface area contributed by atoms with E-state index < -0.39 is 0 Å². The molecule has 0 saturated heterocycles. The summed E-state index contributed by atoms with van der Waals surface area (Å²) in [7, 11) is 0. The molecule has 70 valence electrons. The molecule has 1 N–H and O–H groups in total. The number of aliphatic hydroxyl groups is 1. The van der Waals surface area contributed by atoms with Crippen molar-refractivity contribution in [2.75, 3.05) is 6.61 Å². The molecule has 0 saturated carbocycles. The van der Waals surface area contributed by atoms with E-state index in [2.05, 4.69) is 12.2 Å². The fourth-order valence-corrected chi connectivity index (χ4v) is 0.914. The molecule has 0 aromatic rings. The summed E-state index contributed by atoms with van der Waals surface area (Å²) >= 11 is 0. The molecule has 0 aliphatic heterocycles. The number of allylic oxidation sites excluding steroid dienone is 2. The molecular weight excluding hydrogens is 152 g/mol. The van der Waals surface area contributed by atoms with E-state index in [9.17, 15) is 4.79 Å². The Morgan fingerprint density at radius 1 is 1.25 bits per heavy atom. The van der Waals surface area contributed by atoms with E-state index in [0.29, 0.717) is 6.42 Å². The molecule has 12 heavy (non-hydrogen) atoms. The molecule has 0 fully saturated rings. The zero-order chi connectivity index (χ0) is 9.23. The first-order valence-electron chi connectivity index (χ1n) is 4.52. The standard InChI is InChI=1S/C10H18O2/c1-10(12)8-6-4-2-3-5-7-9-11/h2-3,11H,4-9H2,1H3/b3-2-. The molecule has 2 nitrogen and oxygen atoms in total. The molecule has 0 heterocycles. The fraction of sp³-hybridized carbons (Fsp3) is 0.700. The molecule has 0 aromatic heterocycles. The van der Waals surface area contributed by atoms with Crippen molar-refractivity contribution < 1.29 is 9.90 Å². The summed E-state index contributed by atoms with van der Waals surface area (Å²) < 4.78 is 0. The average Bonchev–Trinajstić information content (AvgIpc) is 2.02. The van der Waals surface area contributed by atoms with E-state index in [0.717, 1.165) is 25.7 Å². The maximum absolute atomic E-state index is 10.5. The van der Waals surface area contributed by atoms with Crippen LogP contribution in [-0.4, -0.2) is 17.5 Å². The summed E-state index contributed by atoms with van der Waals surface area (Å²) in [6, 6.07) is 0. The van der Waals surface area contributed by atoms with Crippen molar-refractivity contribution in [2.24, 2.45) is 0 Å². The number of carbonyl (C=O) groups excluding carboxylic acids is 1. The van der Waals surface area contributed by atoms with Crippen LogP contribution in [-0.2, 0) is 4.79 Å². The monoisotopic (exact) mass is 170 g/mol. The first-order valence-corrected chi connectivity index (χ1v) is 4.52. The van der Waals surface area contributed by atoms with Gasteiger partial charge in [0.05, 0.1) is 0 Å². The van der Waals surface area contributed by atoms with E-state index in [-0.39, 0.29) is 12.4 Å². The van der Waals surface area contributed by atoms with Gasteiger partial charge in [-0.3, -0.25) is 0 Å². The van der Waals surface area contributed by atoms with Gasteiger partial charge in [-0.15, -0.1) is 0 Å². The minimum atomic E-state index is 0.262. The van der Waals surface area contributed by atoms with Crippen molar-refractivity contribution in [3.8, 4) is 0 Å². The van der Waals surface area contributed by atoms with Crippen molar-refractivity contribution in [3.05, 3.63) is 12.2 Å². The Hall–Kier alpha value is -0.630. The van der Waals surface area contributed by atoms with E-state index >= 15 is 0 Å². The van der Waals surface area contributed by atoms with Crippen LogP contribution < -0.4 is 0 Å². The van der Waals surface area contributed by atoms with Crippen LogP contribution >= 0.6 is 0 Å². The van der Waals surface area contributed by atoms with E-state index in [1.165, 1.54) is 0 Å². The van der Waals surface area contributed by atoms with Crippen molar-refractivity contribution in [3.63, 3.8) is 0 Å². The summed E-state index contributed by atoms with van der Waals surface area (Å²) in [6.45, 7) is 1.88. The highest BCUT2D eigenvalue weighted by molar-refractivity contribution is 5.75. The van der Waals surface area contributed by atoms with Gasteiger partial charge < -0.3 is 9.90 Å². The smallest absolute Gasteiger partial charge is 0.129 e. The van der Waals surface area contributed by atoms with E-state index in [4.69, 9.17) is 5.11 Å². The number of hydrogen-bond donors (Lipinski definition) is 1. The van der Waals surface area contributed by atoms with Gasteiger partial charge in [0.15, 0.2) is 0 Å². The maximum atomic E-state index is 10.5. The van der Waals surface area contributed by atoms with Crippen LogP contribution in [0.15, 0.2) is 12.2 Å². The summed E-state index contributed by atoms with van der Waals surface area (Å²) in [4.78, 5) is 10.5. The molecule has 0 aromatic carbocycles. The number of hydrogen-bond acceptors (Lipinski definition) is 2. The zero-order valence-corrected chi connectivity index (χ0v) is 7.75. The molecular formula is C10H18O2. The lowest BCUT2D eigenvalue weighted by atomic mass is 10.2. The Morgan fingerprint density at radius 2 is 1.83 bits per heavy atom. The first kappa shape index (κ1) is 11.4. The lowest BCUT2D eigenvalue weighted by Gasteiger charge is -1.91. The molecule has 0 radical (unpaired) electrons. The van der Waals surface area contributed by atoms with Crippen LogP contribution in [0.2, 0.25) is 0 Å². The van der Waals surface area contributed by atoms with Gasteiger partial charge in [0.25, 0.3) is 0 Å². The van der Waals surface area contributed by atoms with Crippen molar-refractivity contribution in [1.82, 2.24) is 0 Å². The van der Waals surface area contributed by atoms with E-state index in [1.54, 1.807) is 6.92 Å². The largest absolute Gasteiger partial charge is 0.396 e. The molecule has 0 bridgehead atoms. The second-order valence-corrected chi connectivity index (χ2v) is 2.93. The Bertz CT molecular complexity index is 139. The SMILES string of the molecule is CC(=O)CCC/C=C\CCCO. The first-order chi connectivity index (χ1) is 5.77. The molecule has 0 aliphatic carbocycles. The molecule has 0 unspecified atom stereocenters. The Kier molecular flexibility index (Phi) is 8.02. The molecule has 2 heteroatoms. The second-order valence-electron chi connectivity index (χ2n) is 2.93. The number of ketones is 1. The van der Waals surface area contributed by atoms with Gasteiger partial charge in [-0.05, 0) is 32.6 Å². The summed E-state index contributed by atoms with van der Waals surface area (Å²) in [5, 5.41) is 8.46. The van der Waals surface area contributed by atoms with Gasteiger partial charge >= 0.3 is 0 Å². The lowest BCUT2D eigenvalue weighted by Crippen LogP contribution is -1.87. The molecule has 0 atom stereocenters. The van der Waals surface area contributed by atoms with Crippen LogP contribution in [0.1, 0.15) is 39.0 Å². The molecule has 0 spiro atoms. The normalized spacial score (nSPS) is 10.8. The number of aliphatic hydroxyl groups excluding tert-OH is 1. The third kappa shape index (κ3) is 9.37. The Labute approximate surface area is 74.3 Å².